The molecule has 1 aliphatic rings. The third kappa shape index (κ3) is 6.79. The molecule has 3 rings (SSSR count). The Morgan fingerprint density at radius 1 is 1.27 bits per heavy atom. The lowest BCUT2D eigenvalue weighted by molar-refractivity contribution is -0.274. The zero-order valence-corrected chi connectivity index (χ0v) is 14.7. The Hall–Kier alpha value is -2.49. The number of nitrogens with one attached hydrogen (secondary N) is 1. The highest BCUT2D eigenvalue weighted by Gasteiger charge is 2.30. The number of hydrogen-bond acceptors (Lipinski definition) is 5. The molecule has 2 N–H and O–H groups in total. The Morgan fingerprint density at radius 2 is 1.88 bits per heavy atom. The van der Waals surface area contributed by atoms with Crippen molar-refractivity contribution in [3.63, 3.8) is 0 Å². The highest BCUT2D eigenvalue weighted by Crippen LogP contribution is 2.24. The van der Waals surface area contributed by atoms with Gasteiger partial charge in [-0.25, -0.2) is 9.78 Å². The van der Waals surface area contributed by atoms with Crippen LogP contribution in [0, 0.1) is 6.92 Å². The highest BCUT2D eigenvalue weighted by molar-refractivity contribution is 7.13. The standard InChI is InChI=1S/C9H13N3OS.C7H5F3O2/c1-7-6-14-8(10-7)11-9(13)12-4-2-3-5-12;8-7(9,10)12-6-3-1-5(11)2-4-6/h6H,2-5H2,1H3,(H,10,11,13);1-4,11H. The molecule has 2 heterocycles. The molecule has 0 radical (unpaired) electrons. The van der Waals surface area contributed by atoms with Gasteiger partial charge in [-0.05, 0) is 44.0 Å². The third-order valence-corrected chi connectivity index (χ3v) is 4.17. The average Bonchev–Trinajstić information content (AvgIpc) is 3.21. The number of aromatic nitrogens is 1. The van der Waals surface area contributed by atoms with Crippen LogP contribution in [0.2, 0.25) is 0 Å². The van der Waals surface area contributed by atoms with Crippen LogP contribution in [0.3, 0.4) is 0 Å². The van der Waals surface area contributed by atoms with Gasteiger partial charge in [-0.15, -0.1) is 24.5 Å². The van der Waals surface area contributed by atoms with Crippen molar-refractivity contribution < 1.29 is 27.8 Å². The molecule has 1 aromatic carbocycles. The molecule has 10 heteroatoms. The molecule has 2 aromatic rings. The second-order valence-electron chi connectivity index (χ2n) is 5.46. The summed E-state index contributed by atoms with van der Waals surface area (Å²) in [6.07, 6.45) is -2.45. The number of urea groups is 1. The molecule has 0 bridgehead atoms. The molecule has 1 fully saturated rings. The Bertz CT molecular complexity index is 714. The average molecular weight is 389 g/mol. The number of carbonyl (C=O) groups is 1. The molecule has 26 heavy (non-hydrogen) atoms. The number of carbonyl (C=O) groups excluding carboxylic acids is 1. The van der Waals surface area contributed by atoms with Gasteiger partial charge in [0.15, 0.2) is 5.13 Å². The van der Waals surface area contributed by atoms with E-state index in [1.165, 1.54) is 11.3 Å². The number of anilines is 1. The Labute approximate surface area is 152 Å². The van der Waals surface area contributed by atoms with Gasteiger partial charge in [0, 0.05) is 18.5 Å². The van der Waals surface area contributed by atoms with Crippen LogP contribution < -0.4 is 10.1 Å². The van der Waals surface area contributed by atoms with Crippen LogP contribution in [-0.2, 0) is 0 Å². The minimum Gasteiger partial charge on any atom is -0.508 e. The fraction of sp³-hybridized carbons (Fsp3) is 0.375. The fourth-order valence-corrected chi connectivity index (χ4v) is 2.83. The highest BCUT2D eigenvalue weighted by atomic mass is 32.1. The van der Waals surface area contributed by atoms with Crippen LogP contribution in [0.15, 0.2) is 29.6 Å². The molecule has 0 aliphatic carbocycles. The number of aryl methyl sites for hydroxylation is 1. The molecule has 142 valence electrons. The number of rotatable bonds is 2. The molecule has 6 nitrogen and oxygen atoms in total. The molecule has 1 saturated heterocycles. The SMILES string of the molecule is Cc1csc(NC(=O)N2CCCC2)n1.Oc1ccc(OC(F)(F)F)cc1. The molecule has 0 spiro atoms. The van der Waals surface area contributed by atoms with Crippen molar-refractivity contribution in [1.82, 2.24) is 9.88 Å². The Kier molecular flexibility index (Phi) is 6.67. The van der Waals surface area contributed by atoms with E-state index >= 15 is 0 Å². The maximum absolute atomic E-state index is 11.6. The summed E-state index contributed by atoms with van der Waals surface area (Å²) in [4.78, 5) is 17.6. The summed E-state index contributed by atoms with van der Waals surface area (Å²) in [6.45, 7) is 3.66. The van der Waals surface area contributed by atoms with Crippen molar-refractivity contribution in [2.24, 2.45) is 0 Å². The van der Waals surface area contributed by atoms with E-state index in [4.69, 9.17) is 5.11 Å². The van der Waals surface area contributed by atoms with Gasteiger partial charge in [-0.1, -0.05) is 0 Å². The van der Waals surface area contributed by atoms with Gasteiger partial charge >= 0.3 is 12.4 Å². The molecule has 0 saturated carbocycles. The lowest BCUT2D eigenvalue weighted by Crippen LogP contribution is -2.32. The zero-order chi connectivity index (χ0) is 19.2. The monoisotopic (exact) mass is 389 g/mol. The normalized spacial score (nSPS) is 13.8. The van der Waals surface area contributed by atoms with E-state index < -0.39 is 6.36 Å². The lowest BCUT2D eigenvalue weighted by Gasteiger charge is -2.14. The smallest absolute Gasteiger partial charge is 0.508 e. The van der Waals surface area contributed by atoms with Gasteiger partial charge in [0.1, 0.15) is 11.5 Å². The van der Waals surface area contributed by atoms with Crippen LogP contribution in [0.5, 0.6) is 11.5 Å². The first-order valence-corrected chi connectivity index (χ1v) is 8.64. The van der Waals surface area contributed by atoms with E-state index in [1.807, 2.05) is 17.2 Å². The fourth-order valence-electron chi connectivity index (χ4n) is 2.15. The molecule has 1 aliphatic heterocycles. The topological polar surface area (TPSA) is 74.7 Å². The van der Waals surface area contributed by atoms with Crippen LogP contribution >= 0.6 is 11.3 Å². The van der Waals surface area contributed by atoms with E-state index in [-0.39, 0.29) is 17.5 Å². The van der Waals surface area contributed by atoms with Gasteiger partial charge in [0.2, 0.25) is 0 Å². The number of halogens is 3. The maximum Gasteiger partial charge on any atom is 0.573 e. The number of hydrogen-bond donors (Lipinski definition) is 2. The van der Waals surface area contributed by atoms with E-state index in [9.17, 15) is 18.0 Å². The number of thiazole rings is 1. The summed E-state index contributed by atoms with van der Waals surface area (Å²) in [5.74, 6) is -0.454. The summed E-state index contributed by atoms with van der Waals surface area (Å²) in [5, 5.41) is 14.1. The zero-order valence-electron chi connectivity index (χ0n) is 13.9. The summed E-state index contributed by atoms with van der Waals surface area (Å²) >= 11 is 1.47. The number of benzene rings is 1. The molecule has 2 amide bonds. The van der Waals surface area contributed by atoms with Gasteiger partial charge in [0.05, 0.1) is 5.69 Å². The Balaban J connectivity index is 0.000000190. The first-order chi connectivity index (χ1) is 12.2. The number of likely N-dealkylation sites (tertiary alicyclic amines) is 1. The predicted octanol–water partition coefficient (Wildman–Crippen LogP) is 4.37. The number of phenols is 1. The molecule has 0 atom stereocenters. The summed E-state index contributed by atoms with van der Waals surface area (Å²) < 4.78 is 38.2. The maximum atomic E-state index is 11.6. The number of ether oxygens (including phenoxy) is 1. The molecule has 0 unspecified atom stereocenters. The predicted molar refractivity (Wildman–Crippen MR) is 91.5 cm³/mol. The van der Waals surface area contributed by atoms with Gasteiger partial charge < -0.3 is 14.7 Å². The van der Waals surface area contributed by atoms with Crippen LogP contribution in [0.4, 0.5) is 23.1 Å². The second-order valence-corrected chi connectivity index (χ2v) is 6.32. The lowest BCUT2D eigenvalue weighted by atomic mass is 10.3. The number of alkyl halides is 3. The van der Waals surface area contributed by atoms with E-state index in [2.05, 4.69) is 15.0 Å². The van der Waals surface area contributed by atoms with E-state index in [1.54, 1.807) is 0 Å². The van der Waals surface area contributed by atoms with Crippen molar-refractivity contribution in [2.75, 3.05) is 18.4 Å². The minimum atomic E-state index is -4.68. The first-order valence-electron chi connectivity index (χ1n) is 7.76. The number of phenolic OH excluding ortho intramolecular Hbond substituents is 1. The number of amides is 2. The summed E-state index contributed by atoms with van der Waals surface area (Å²) in [5.41, 5.74) is 0.951. The Morgan fingerprint density at radius 3 is 2.38 bits per heavy atom. The van der Waals surface area contributed by atoms with Crippen LogP contribution in [0.25, 0.3) is 0 Å². The third-order valence-electron chi connectivity index (χ3n) is 3.30. The quantitative estimate of drug-likeness (QED) is 0.800. The van der Waals surface area contributed by atoms with E-state index in [0.717, 1.165) is 55.9 Å². The van der Waals surface area contributed by atoms with Gasteiger partial charge in [-0.3, -0.25) is 5.32 Å². The molecule has 1 aromatic heterocycles. The van der Waals surface area contributed by atoms with Crippen LogP contribution in [0.1, 0.15) is 18.5 Å². The largest absolute Gasteiger partial charge is 0.573 e. The van der Waals surface area contributed by atoms with Crippen LogP contribution in [-0.4, -0.2) is 40.5 Å². The van der Waals surface area contributed by atoms with Crippen molar-refractivity contribution in [3.8, 4) is 11.5 Å². The van der Waals surface area contributed by atoms with Crippen molar-refractivity contribution in [2.45, 2.75) is 26.1 Å². The van der Waals surface area contributed by atoms with Gasteiger partial charge in [0.25, 0.3) is 0 Å². The molecular formula is C16H18F3N3O3S. The number of nitrogens with zero attached hydrogens (tertiary/aromatic N) is 2. The first kappa shape index (κ1) is 19.8. The summed E-state index contributed by atoms with van der Waals surface area (Å²) in [6, 6.07) is 4.27. The van der Waals surface area contributed by atoms with Gasteiger partial charge in [-0.2, -0.15) is 0 Å². The number of aromatic hydroxyl groups is 1. The van der Waals surface area contributed by atoms with Crippen molar-refractivity contribution >= 4 is 22.5 Å². The van der Waals surface area contributed by atoms with E-state index in [0.29, 0.717) is 5.13 Å². The van der Waals surface area contributed by atoms with Crippen molar-refractivity contribution in [1.29, 1.82) is 0 Å². The molecular weight excluding hydrogens is 371 g/mol. The second kappa shape index (κ2) is 8.75. The van der Waals surface area contributed by atoms with Crippen molar-refractivity contribution in [3.05, 3.63) is 35.3 Å². The summed E-state index contributed by atoms with van der Waals surface area (Å²) in [7, 11) is 0. The minimum absolute atomic E-state index is 0.0168.